The van der Waals surface area contributed by atoms with E-state index in [2.05, 4.69) is 15.5 Å². The fraction of sp³-hybridized carbons (Fsp3) is 0.385. The van der Waals surface area contributed by atoms with E-state index in [-0.39, 0.29) is 11.7 Å². The number of benzene rings is 2. The number of aromatic nitrogens is 3. The maximum absolute atomic E-state index is 13.4. The molecule has 1 aliphatic heterocycles. The van der Waals surface area contributed by atoms with Crippen LogP contribution >= 0.6 is 0 Å². The molecule has 3 N–H and O–H groups in total. The van der Waals surface area contributed by atoms with Crippen molar-refractivity contribution in [3.05, 3.63) is 77.1 Å². The van der Waals surface area contributed by atoms with E-state index >= 15 is 0 Å². The summed E-state index contributed by atoms with van der Waals surface area (Å²) in [6.45, 7) is 1.67. The number of carbonyl (C=O) groups is 1. The van der Waals surface area contributed by atoms with E-state index in [1.165, 1.54) is 12.1 Å². The van der Waals surface area contributed by atoms with Crippen LogP contribution in [0.15, 0.2) is 48.5 Å². The van der Waals surface area contributed by atoms with Crippen molar-refractivity contribution in [1.82, 2.24) is 20.1 Å². The lowest BCUT2D eigenvalue weighted by Crippen LogP contribution is -2.43. The van der Waals surface area contributed by atoms with Crippen LogP contribution in [0.1, 0.15) is 41.7 Å². The molecule has 1 amide bonds. The molecule has 1 fully saturated rings. The van der Waals surface area contributed by atoms with Gasteiger partial charge in [0.1, 0.15) is 23.8 Å². The molecular weight excluding hydrogens is 463 g/mol. The smallest absolute Gasteiger partial charge is 0.252 e. The van der Waals surface area contributed by atoms with Crippen LogP contribution in [-0.4, -0.2) is 56.6 Å². The van der Waals surface area contributed by atoms with E-state index in [4.69, 9.17) is 0 Å². The Morgan fingerprint density at radius 3 is 2.61 bits per heavy atom. The number of piperidine rings is 1. The van der Waals surface area contributed by atoms with Crippen molar-refractivity contribution in [2.45, 2.75) is 31.5 Å². The number of hydrogen-bond donors (Lipinski definition) is 3. The minimum atomic E-state index is -1.69. The summed E-state index contributed by atoms with van der Waals surface area (Å²) >= 11 is 0. The normalized spacial score (nSPS) is 15.8. The second kappa shape index (κ2) is 11.3. The molecule has 3 aromatic rings. The highest BCUT2D eigenvalue weighted by Gasteiger charge is 2.31. The zero-order valence-electron chi connectivity index (χ0n) is 20.0. The molecule has 2 heterocycles. The maximum atomic E-state index is 13.4. The Morgan fingerprint density at radius 2 is 1.92 bits per heavy atom. The first kappa shape index (κ1) is 25.3. The molecule has 4 rings (SSSR count). The van der Waals surface area contributed by atoms with Gasteiger partial charge in [-0.05, 0) is 42.5 Å². The molecule has 9 nitrogen and oxygen atoms in total. The Kier molecular flexibility index (Phi) is 7.93. The number of aliphatic hydroxyl groups excluding tert-OH is 2. The van der Waals surface area contributed by atoms with Crippen LogP contribution in [0, 0.1) is 23.1 Å². The zero-order chi connectivity index (χ0) is 25.7. The van der Waals surface area contributed by atoms with Crippen LogP contribution in [0.4, 0.5) is 10.1 Å². The Labute approximate surface area is 208 Å². The highest BCUT2D eigenvalue weighted by Crippen LogP contribution is 2.26. The van der Waals surface area contributed by atoms with Gasteiger partial charge in [-0.15, -0.1) is 10.2 Å². The van der Waals surface area contributed by atoms with Crippen molar-refractivity contribution >= 4 is 11.6 Å². The lowest BCUT2D eigenvalue weighted by molar-refractivity contribution is -0.136. The van der Waals surface area contributed by atoms with Crippen LogP contribution in [0.3, 0.4) is 0 Å². The number of hydrogen-bond acceptors (Lipinski definition) is 7. The third-order valence-corrected chi connectivity index (χ3v) is 6.64. The molecule has 0 saturated carbocycles. The van der Waals surface area contributed by atoms with Crippen molar-refractivity contribution in [2.75, 3.05) is 24.5 Å². The van der Waals surface area contributed by atoms with E-state index in [0.29, 0.717) is 43.1 Å². The molecule has 10 heteroatoms. The zero-order valence-corrected chi connectivity index (χ0v) is 20.0. The number of amides is 1. The molecule has 188 valence electrons. The molecule has 0 radical (unpaired) electrons. The fourth-order valence-corrected chi connectivity index (χ4v) is 4.45. The van der Waals surface area contributed by atoms with Gasteiger partial charge in [0.15, 0.2) is 11.9 Å². The Morgan fingerprint density at radius 1 is 1.19 bits per heavy atom. The SMILES string of the molecule is Cn1c(Cc2ccccc2)nnc1[C@H](O)[C@@H](O)C(=O)NCC1CCN(c2ccc(F)cc2C#N)CC1. The van der Waals surface area contributed by atoms with E-state index in [0.717, 1.165) is 18.4 Å². The predicted molar refractivity (Wildman–Crippen MR) is 130 cm³/mol. The van der Waals surface area contributed by atoms with Gasteiger partial charge in [-0.2, -0.15) is 5.26 Å². The quantitative estimate of drug-likeness (QED) is 0.438. The molecule has 2 aromatic carbocycles. The second-order valence-corrected chi connectivity index (χ2v) is 9.03. The van der Waals surface area contributed by atoms with E-state index in [9.17, 15) is 24.7 Å². The van der Waals surface area contributed by atoms with E-state index in [1.807, 2.05) is 41.3 Å². The first-order chi connectivity index (χ1) is 17.4. The lowest BCUT2D eigenvalue weighted by atomic mass is 9.95. The van der Waals surface area contributed by atoms with Crippen molar-refractivity contribution in [3.8, 4) is 6.07 Å². The Bertz CT molecular complexity index is 1230. The van der Waals surface area contributed by atoms with Crippen LogP contribution in [-0.2, 0) is 18.3 Å². The van der Waals surface area contributed by atoms with Gasteiger partial charge in [0.05, 0.1) is 11.3 Å². The third-order valence-electron chi connectivity index (χ3n) is 6.64. The molecule has 1 aliphatic rings. The van der Waals surface area contributed by atoms with Gasteiger partial charge in [-0.3, -0.25) is 4.79 Å². The van der Waals surface area contributed by atoms with Gasteiger partial charge < -0.3 is 25.0 Å². The topological polar surface area (TPSA) is 127 Å². The fourth-order valence-electron chi connectivity index (χ4n) is 4.45. The van der Waals surface area contributed by atoms with Gasteiger partial charge in [0.2, 0.25) is 0 Å². The highest BCUT2D eigenvalue weighted by atomic mass is 19.1. The molecule has 0 spiro atoms. The lowest BCUT2D eigenvalue weighted by Gasteiger charge is -2.34. The number of nitrogens with one attached hydrogen (secondary N) is 1. The number of nitrogens with zero attached hydrogens (tertiary/aromatic N) is 5. The van der Waals surface area contributed by atoms with Gasteiger partial charge in [-0.1, -0.05) is 30.3 Å². The summed E-state index contributed by atoms with van der Waals surface area (Å²) in [6.07, 6.45) is -1.18. The molecule has 1 aromatic heterocycles. The van der Waals surface area contributed by atoms with Gasteiger partial charge in [0.25, 0.3) is 5.91 Å². The monoisotopic (exact) mass is 492 g/mol. The van der Waals surface area contributed by atoms with E-state index < -0.39 is 23.9 Å². The molecule has 2 atom stereocenters. The molecular formula is C26H29FN6O3. The number of nitriles is 1. The largest absolute Gasteiger partial charge is 0.382 e. The summed E-state index contributed by atoms with van der Waals surface area (Å²) in [7, 11) is 1.69. The van der Waals surface area contributed by atoms with Gasteiger partial charge in [0, 0.05) is 33.1 Å². The number of aliphatic hydroxyl groups is 2. The van der Waals surface area contributed by atoms with Crippen molar-refractivity contribution in [2.24, 2.45) is 13.0 Å². The summed E-state index contributed by atoms with van der Waals surface area (Å²) in [5, 5.41) is 41.2. The average molecular weight is 493 g/mol. The van der Waals surface area contributed by atoms with E-state index in [1.54, 1.807) is 17.7 Å². The number of rotatable bonds is 8. The minimum Gasteiger partial charge on any atom is -0.382 e. The highest BCUT2D eigenvalue weighted by molar-refractivity contribution is 5.81. The van der Waals surface area contributed by atoms with Crippen LogP contribution < -0.4 is 10.2 Å². The van der Waals surface area contributed by atoms with Gasteiger partial charge >= 0.3 is 0 Å². The number of carbonyl (C=O) groups excluding carboxylic acids is 1. The molecule has 36 heavy (non-hydrogen) atoms. The average Bonchev–Trinajstić information content (AvgIpc) is 3.26. The summed E-state index contributed by atoms with van der Waals surface area (Å²) in [5.41, 5.74) is 2.03. The standard InChI is InChI=1S/C26H29FN6O3/c1-32-22(13-17-5-3-2-4-6-17)30-31-25(32)23(34)24(35)26(36)29-16-18-9-11-33(12-10-18)21-8-7-20(27)14-19(21)15-28/h2-8,14,18,23-24,34-35H,9-13,16H2,1H3,(H,29,36)/t23-,24-/m1/s1. The van der Waals surface area contributed by atoms with Crippen molar-refractivity contribution in [1.29, 1.82) is 5.26 Å². The second-order valence-electron chi connectivity index (χ2n) is 9.03. The maximum Gasteiger partial charge on any atom is 0.252 e. The molecule has 0 unspecified atom stereocenters. The van der Waals surface area contributed by atoms with Gasteiger partial charge in [-0.25, -0.2) is 4.39 Å². The summed E-state index contributed by atoms with van der Waals surface area (Å²) in [6, 6.07) is 15.9. The molecule has 0 aliphatic carbocycles. The van der Waals surface area contributed by atoms with Crippen LogP contribution in [0.25, 0.3) is 0 Å². The first-order valence-electron chi connectivity index (χ1n) is 11.9. The first-order valence-corrected chi connectivity index (χ1v) is 11.9. The molecule has 1 saturated heterocycles. The minimum absolute atomic E-state index is 0.115. The Balaban J connectivity index is 1.28. The number of anilines is 1. The van der Waals surface area contributed by atoms with Crippen molar-refractivity contribution < 1.29 is 19.4 Å². The van der Waals surface area contributed by atoms with Crippen LogP contribution in [0.2, 0.25) is 0 Å². The molecule has 0 bridgehead atoms. The summed E-state index contributed by atoms with van der Waals surface area (Å²) in [4.78, 5) is 14.6. The predicted octanol–water partition coefficient (Wildman–Crippen LogP) is 1.84. The number of halogens is 1. The Hall–Kier alpha value is -3.81. The van der Waals surface area contributed by atoms with Crippen molar-refractivity contribution in [3.63, 3.8) is 0 Å². The van der Waals surface area contributed by atoms with Crippen LogP contribution in [0.5, 0.6) is 0 Å². The summed E-state index contributed by atoms with van der Waals surface area (Å²) in [5.74, 6) is -0.224. The summed E-state index contributed by atoms with van der Waals surface area (Å²) < 4.78 is 15.0. The third kappa shape index (κ3) is 5.70.